The first kappa shape index (κ1) is 13.9. The van der Waals surface area contributed by atoms with Crippen LogP contribution in [0, 0.1) is 0 Å². The topological polar surface area (TPSA) is 60.9 Å². The van der Waals surface area contributed by atoms with Crippen LogP contribution >= 0.6 is 0 Å². The summed E-state index contributed by atoms with van der Waals surface area (Å²) in [5.41, 5.74) is 6.45. The second-order valence-electron chi connectivity index (χ2n) is 4.65. The van der Waals surface area contributed by atoms with Crippen LogP contribution < -0.4 is 5.73 Å². The Kier molecular flexibility index (Phi) is 5.35. The molecule has 0 aliphatic rings. The van der Waals surface area contributed by atoms with Crippen molar-refractivity contribution in [3.8, 4) is 0 Å². The van der Waals surface area contributed by atoms with Gasteiger partial charge in [0.2, 0.25) is 0 Å². The molecule has 0 amide bonds. The van der Waals surface area contributed by atoms with Gasteiger partial charge in [-0.2, -0.15) is 5.10 Å². The lowest BCUT2D eigenvalue weighted by Gasteiger charge is -2.12. The lowest BCUT2D eigenvalue weighted by atomic mass is 10.1. The Morgan fingerprint density at radius 2 is 2.12 bits per heavy atom. The van der Waals surface area contributed by atoms with E-state index in [1.54, 1.807) is 0 Å². The molecule has 0 fully saturated rings. The highest BCUT2D eigenvalue weighted by atomic mass is 16.1. The SMILES string of the molecule is CCC(CC)n1ccc(CC(=O)CC(C)N)n1. The van der Waals surface area contributed by atoms with E-state index in [9.17, 15) is 4.79 Å². The maximum atomic E-state index is 11.6. The minimum absolute atomic E-state index is 0.0661. The first-order valence-electron chi connectivity index (χ1n) is 6.38. The number of nitrogens with zero attached hydrogens (tertiary/aromatic N) is 2. The summed E-state index contributed by atoms with van der Waals surface area (Å²) in [5.74, 6) is 0.162. The summed E-state index contributed by atoms with van der Waals surface area (Å²) in [6.07, 6.45) is 4.91. The summed E-state index contributed by atoms with van der Waals surface area (Å²) >= 11 is 0. The average Bonchev–Trinajstić information content (AvgIpc) is 2.67. The van der Waals surface area contributed by atoms with E-state index < -0.39 is 0 Å². The number of hydrogen-bond acceptors (Lipinski definition) is 3. The van der Waals surface area contributed by atoms with Gasteiger partial charge >= 0.3 is 0 Å². The molecule has 1 aromatic rings. The van der Waals surface area contributed by atoms with E-state index >= 15 is 0 Å². The van der Waals surface area contributed by atoms with Gasteiger partial charge in [0.15, 0.2) is 0 Å². The van der Waals surface area contributed by atoms with E-state index in [0.29, 0.717) is 18.9 Å². The molecule has 4 nitrogen and oxygen atoms in total. The fourth-order valence-corrected chi connectivity index (χ4v) is 1.97. The molecule has 17 heavy (non-hydrogen) atoms. The van der Waals surface area contributed by atoms with Crippen molar-refractivity contribution in [2.45, 2.75) is 58.5 Å². The van der Waals surface area contributed by atoms with Gasteiger partial charge in [-0.05, 0) is 25.8 Å². The Labute approximate surface area is 103 Å². The molecule has 0 spiro atoms. The Morgan fingerprint density at radius 3 is 2.65 bits per heavy atom. The molecular weight excluding hydrogens is 214 g/mol. The van der Waals surface area contributed by atoms with E-state index in [0.717, 1.165) is 18.5 Å². The van der Waals surface area contributed by atoms with Crippen molar-refractivity contribution in [2.75, 3.05) is 0 Å². The number of nitrogens with two attached hydrogens (primary N) is 1. The van der Waals surface area contributed by atoms with Crippen molar-refractivity contribution in [2.24, 2.45) is 5.73 Å². The van der Waals surface area contributed by atoms with Crippen molar-refractivity contribution in [3.05, 3.63) is 18.0 Å². The van der Waals surface area contributed by atoms with Crippen LogP contribution in [0.25, 0.3) is 0 Å². The van der Waals surface area contributed by atoms with Gasteiger partial charge in [-0.1, -0.05) is 13.8 Å². The minimum atomic E-state index is -0.0661. The second-order valence-corrected chi connectivity index (χ2v) is 4.65. The van der Waals surface area contributed by atoms with Gasteiger partial charge in [0.05, 0.1) is 18.2 Å². The number of Topliss-reactive ketones (excluding diaryl/α,β-unsaturated/α-hetero) is 1. The van der Waals surface area contributed by atoms with Gasteiger partial charge in [-0.3, -0.25) is 9.48 Å². The van der Waals surface area contributed by atoms with E-state index in [2.05, 4.69) is 18.9 Å². The number of aromatic nitrogens is 2. The zero-order valence-electron chi connectivity index (χ0n) is 11.0. The summed E-state index contributed by atoms with van der Waals surface area (Å²) in [4.78, 5) is 11.6. The second kappa shape index (κ2) is 6.55. The van der Waals surface area contributed by atoms with Crippen LogP contribution in [-0.4, -0.2) is 21.6 Å². The van der Waals surface area contributed by atoms with Gasteiger partial charge in [0, 0.05) is 18.7 Å². The molecule has 0 saturated heterocycles. The monoisotopic (exact) mass is 237 g/mol. The summed E-state index contributed by atoms with van der Waals surface area (Å²) in [6, 6.07) is 2.30. The molecule has 0 bridgehead atoms. The molecule has 2 N–H and O–H groups in total. The standard InChI is InChI=1S/C13H23N3O/c1-4-12(5-2)16-7-6-11(15-16)9-13(17)8-10(3)14/h6-7,10,12H,4-5,8-9,14H2,1-3H3. The van der Waals surface area contributed by atoms with Gasteiger partial charge in [-0.15, -0.1) is 0 Å². The van der Waals surface area contributed by atoms with Gasteiger partial charge in [0.1, 0.15) is 5.78 Å². The lowest BCUT2D eigenvalue weighted by Crippen LogP contribution is -2.20. The summed E-state index contributed by atoms with van der Waals surface area (Å²) in [6.45, 7) is 6.15. The normalized spacial score (nSPS) is 13.0. The summed E-state index contributed by atoms with van der Waals surface area (Å²) in [7, 11) is 0. The molecule has 0 aliphatic carbocycles. The smallest absolute Gasteiger partial charge is 0.140 e. The molecule has 1 unspecified atom stereocenters. The van der Waals surface area contributed by atoms with E-state index in [-0.39, 0.29) is 11.8 Å². The van der Waals surface area contributed by atoms with Crippen molar-refractivity contribution in [3.63, 3.8) is 0 Å². The van der Waals surface area contributed by atoms with Crippen molar-refractivity contribution in [1.82, 2.24) is 9.78 Å². The molecule has 1 atom stereocenters. The minimum Gasteiger partial charge on any atom is -0.328 e. The lowest BCUT2D eigenvalue weighted by molar-refractivity contribution is -0.118. The number of rotatable bonds is 7. The molecule has 4 heteroatoms. The average molecular weight is 237 g/mol. The Balaban J connectivity index is 2.59. The third-order valence-corrected chi connectivity index (χ3v) is 2.91. The predicted molar refractivity (Wildman–Crippen MR) is 68.8 cm³/mol. The molecular formula is C13H23N3O. The van der Waals surface area contributed by atoms with Crippen molar-refractivity contribution in [1.29, 1.82) is 0 Å². The van der Waals surface area contributed by atoms with Crippen LogP contribution in [0.5, 0.6) is 0 Å². The summed E-state index contributed by atoms with van der Waals surface area (Å²) in [5, 5.41) is 4.45. The molecule has 96 valence electrons. The fourth-order valence-electron chi connectivity index (χ4n) is 1.97. The highest BCUT2D eigenvalue weighted by Gasteiger charge is 2.11. The molecule has 0 radical (unpaired) electrons. The number of carbonyl (C=O) groups is 1. The Bertz CT molecular complexity index is 353. The van der Waals surface area contributed by atoms with Crippen LogP contribution in [0.1, 0.15) is 51.8 Å². The van der Waals surface area contributed by atoms with Crippen molar-refractivity contribution < 1.29 is 4.79 Å². The highest BCUT2D eigenvalue weighted by Crippen LogP contribution is 2.14. The first-order chi connectivity index (χ1) is 8.06. The van der Waals surface area contributed by atoms with E-state index in [4.69, 9.17) is 5.73 Å². The largest absolute Gasteiger partial charge is 0.328 e. The molecule has 0 saturated carbocycles. The van der Waals surface area contributed by atoms with E-state index in [1.165, 1.54) is 0 Å². The number of ketones is 1. The fraction of sp³-hybridized carbons (Fsp3) is 0.692. The molecule has 0 aliphatic heterocycles. The quantitative estimate of drug-likeness (QED) is 0.790. The van der Waals surface area contributed by atoms with Gasteiger partial charge in [0.25, 0.3) is 0 Å². The van der Waals surface area contributed by atoms with Gasteiger partial charge < -0.3 is 5.73 Å². The number of carbonyl (C=O) groups excluding carboxylic acids is 1. The summed E-state index contributed by atoms with van der Waals surface area (Å²) < 4.78 is 1.97. The Morgan fingerprint density at radius 1 is 1.47 bits per heavy atom. The van der Waals surface area contributed by atoms with Crippen LogP contribution in [0.4, 0.5) is 0 Å². The molecule has 0 aromatic carbocycles. The number of hydrogen-bond donors (Lipinski definition) is 1. The van der Waals surface area contributed by atoms with Gasteiger partial charge in [-0.25, -0.2) is 0 Å². The van der Waals surface area contributed by atoms with E-state index in [1.807, 2.05) is 23.9 Å². The maximum absolute atomic E-state index is 11.6. The molecule has 1 aromatic heterocycles. The third-order valence-electron chi connectivity index (χ3n) is 2.91. The van der Waals surface area contributed by atoms with Crippen molar-refractivity contribution >= 4 is 5.78 Å². The first-order valence-corrected chi connectivity index (χ1v) is 6.38. The highest BCUT2D eigenvalue weighted by molar-refractivity contribution is 5.80. The van der Waals surface area contributed by atoms with Crippen LogP contribution in [0.15, 0.2) is 12.3 Å². The zero-order chi connectivity index (χ0) is 12.8. The molecule has 1 rings (SSSR count). The van der Waals surface area contributed by atoms with Crippen LogP contribution in [0.2, 0.25) is 0 Å². The van der Waals surface area contributed by atoms with Crippen LogP contribution in [-0.2, 0) is 11.2 Å². The Hall–Kier alpha value is -1.16. The maximum Gasteiger partial charge on any atom is 0.140 e. The third kappa shape index (κ3) is 4.30. The van der Waals surface area contributed by atoms with Crippen LogP contribution in [0.3, 0.4) is 0 Å². The predicted octanol–water partition coefficient (Wildman–Crippen LogP) is 2.09. The molecule has 1 heterocycles. The zero-order valence-corrected chi connectivity index (χ0v) is 11.0.